The molecule has 0 saturated heterocycles. The molecular weight excluding hydrogens is 444 g/mol. The SMILES string of the molecule is CCOc1ccc(C2c3c(oc4cc(C)c(C)cc4c3=O)C(=O)N2CCCN(C)C)cc1OCC. The summed E-state index contributed by atoms with van der Waals surface area (Å²) in [5.74, 6) is 1.11. The lowest BCUT2D eigenvalue weighted by atomic mass is 9.97. The number of hydrogen-bond donors (Lipinski definition) is 0. The highest BCUT2D eigenvalue weighted by Gasteiger charge is 2.42. The Labute approximate surface area is 206 Å². The third-order valence-electron chi connectivity index (χ3n) is 6.47. The maximum Gasteiger partial charge on any atom is 0.290 e. The highest BCUT2D eigenvalue weighted by atomic mass is 16.5. The van der Waals surface area contributed by atoms with Crippen molar-refractivity contribution < 1.29 is 18.7 Å². The predicted molar refractivity (Wildman–Crippen MR) is 137 cm³/mol. The van der Waals surface area contributed by atoms with Crippen molar-refractivity contribution in [2.75, 3.05) is 40.4 Å². The maximum atomic E-state index is 13.8. The average Bonchev–Trinajstić information content (AvgIpc) is 3.08. The molecule has 1 amide bonds. The lowest BCUT2D eigenvalue weighted by molar-refractivity contribution is 0.0722. The monoisotopic (exact) mass is 478 g/mol. The Morgan fingerprint density at radius 3 is 2.34 bits per heavy atom. The number of carbonyl (C=O) groups excluding carboxylic acids is 1. The van der Waals surface area contributed by atoms with Crippen LogP contribution in [0.5, 0.6) is 11.5 Å². The van der Waals surface area contributed by atoms with Gasteiger partial charge in [0.05, 0.1) is 30.2 Å². The standard InChI is InChI=1S/C28H34N2O5/c1-7-33-21-11-10-19(16-23(21)34-8-2)25-24-26(31)20-14-17(3)18(4)15-22(20)35-27(24)28(32)30(25)13-9-12-29(5)6/h10-11,14-16,25H,7-9,12-13H2,1-6H3. The molecule has 186 valence electrons. The van der Waals surface area contributed by atoms with Crippen LogP contribution in [0.4, 0.5) is 0 Å². The fraction of sp³-hybridized carbons (Fsp3) is 0.429. The highest BCUT2D eigenvalue weighted by molar-refractivity contribution is 5.99. The van der Waals surface area contributed by atoms with E-state index in [9.17, 15) is 9.59 Å². The van der Waals surface area contributed by atoms with E-state index in [0.29, 0.717) is 47.8 Å². The molecule has 0 bridgehead atoms. The lowest BCUT2D eigenvalue weighted by Crippen LogP contribution is -2.32. The van der Waals surface area contributed by atoms with Crippen LogP contribution in [0.3, 0.4) is 0 Å². The molecule has 35 heavy (non-hydrogen) atoms. The molecule has 2 heterocycles. The largest absolute Gasteiger partial charge is 0.490 e. The zero-order chi connectivity index (χ0) is 25.3. The van der Waals surface area contributed by atoms with Crippen molar-refractivity contribution in [2.45, 2.75) is 40.2 Å². The quantitative estimate of drug-likeness (QED) is 0.444. The molecule has 0 fully saturated rings. The summed E-state index contributed by atoms with van der Waals surface area (Å²) in [4.78, 5) is 31.3. The fourth-order valence-electron chi connectivity index (χ4n) is 4.65. The van der Waals surface area contributed by atoms with Gasteiger partial charge in [0.25, 0.3) is 5.91 Å². The summed E-state index contributed by atoms with van der Waals surface area (Å²) in [7, 11) is 4.00. The minimum absolute atomic E-state index is 0.132. The van der Waals surface area contributed by atoms with E-state index < -0.39 is 6.04 Å². The molecule has 1 aromatic heterocycles. The second-order valence-corrected chi connectivity index (χ2v) is 9.24. The molecule has 1 aliphatic heterocycles. The molecule has 7 nitrogen and oxygen atoms in total. The van der Waals surface area contributed by atoms with Gasteiger partial charge in [0.15, 0.2) is 16.9 Å². The normalized spacial score (nSPS) is 15.2. The first kappa shape index (κ1) is 24.8. The Bertz CT molecular complexity index is 1310. The number of amides is 1. The Morgan fingerprint density at radius 1 is 0.971 bits per heavy atom. The molecule has 1 atom stereocenters. The minimum Gasteiger partial charge on any atom is -0.490 e. The van der Waals surface area contributed by atoms with E-state index in [1.807, 2.05) is 72.1 Å². The third-order valence-corrected chi connectivity index (χ3v) is 6.47. The Morgan fingerprint density at radius 2 is 1.66 bits per heavy atom. The number of rotatable bonds is 9. The van der Waals surface area contributed by atoms with Gasteiger partial charge in [-0.05, 0) is 95.7 Å². The topological polar surface area (TPSA) is 72.2 Å². The van der Waals surface area contributed by atoms with Crippen molar-refractivity contribution in [1.29, 1.82) is 0 Å². The minimum atomic E-state index is -0.559. The van der Waals surface area contributed by atoms with Crippen LogP contribution in [0.15, 0.2) is 39.5 Å². The molecule has 0 saturated carbocycles. The summed E-state index contributed by atoms with van der Waals surface area (Å²) < 4.78 is 17.7. The van der Waals surface area contributed by atoms with Crippen LogP contribution >= 0.6 is 0 Å². The van der Waals surface area contributed by atoms with Gasteiger partial charge in [-0.3, -0.25) is 9.59 Å². The molecule has 1 aliphatic rings. The third kappa shape index (κ3) is 4.65. The van der Waals surface area contributed by atoms with Crippen molar-refractivity contribution >= 4 is 16.9 Å². The van der Waals surface area contributed by atoms with Gasteiger partial charge < -0.3 is 23.7 Å². The summed E-state index contributed by atoms with van der Waals surface area (Å²) in [5, 5.41) is 0.496. The number of fused-ring (bicyclic) bond motifs is 2. The first-order valence-electron chi connectivity index (χ1n) is 12.2. The molecule has 3 aromatic rings. The smallest absolute Gasteiger partial charge is 0.290 e. The molecule has 0 aliphatic carbocycles. The predicted octanol–water partition coefficient (Wildman–Crippen LogP) is 4.70. The first-order chi connectivity index (χ1) is 16.8. The average molecular weight is 479 g/mol. The number of ether oxygens (including phenoxy) is 2. The van der Waals surface area contributed by atoms with Crippen LogP contribution in [0.2, 0.25) is 0 Å². The fourth-order valence-corrected chi connectivity index (χ4v) is 4.65. The zero-order valence-corrected chi connectivity index (χ0v) is 21.4. The number of aryl methyl sites for hydroxylation is 2. The van der Waals surface area contributed by atoms with Crippen molar-refractivity contribution in [1.82, 2.24) is 9.80 Å². The van der Waals surface area contributed by atoms with E-state index in [-0.39, 0.29) is 17.1 Å². The molecule has 0 radical (unpaired) electrons. The van der Waals surface area contributed by atoms with Gasteiger partial charge in [0, 0.05) is 6.54 Å². The van der Waals surface area contributed by atoms with Crippen molar-refractivity contribution in [3.8, 4) is 11.5 Å². The molecule has 0 N–H and O–H groups in total. The van der Waals surface area contributed by atoms with E-state index in [2.05, 4.69) is 4.90 Å². The summed E-state index contributed by atoms with van der Waals surface area (Å²) >= 11 is 0. The van der Waals surface area contributed by atoms with Crippen molar-refractivity contribution in [3.63, 3.8) is 0 Å². The second-order valence-electron chi connectivity index (χ2n) is 9.24. The number of hydrogen-bond acceptors (Lipinski definition) is 6. The molecule has 7 heteroatoms. The van der Waals surface area contributed by atoms with Gasteiger partial charge in [-0.25, -0.2) is 0 Å². The molecule has 0 spiro atoms. The van der Waals surface area contributed by atoms with E-state index in [1.54, 1.807) is 4.90 Å². The van der Waals surface area contributed by atoms with Gasteiger partial charge in [0.2, 0.25) is 5.76 Å². The summed E-state index contributed by atoms with van der Waals surface area (Å²) in [5.41, 5.74) is 3.49. The van der Waals surface area contributed by atoms with Crippen LogP contribution in [0.1, 0.15) is 59.1 Å². The van der Waals surface area contributed by atoms with E-state index in [4.69, 9.17) is 13.9 Å². The lowest BCUT2D eigenvalue weighted by Gasteiger charge is -2.26. The van der Waals surface area contributed by atoms with Crippen molar-refractivity contribution in [3.05, 3.63) is 68.6 Å². The summed E-state index contributed by atoms with van der Waals surface area (Å²) in [6, 6.07) is 8.77. The van der Waals surface area contributed by atoms with Gasteiger partial charge >= 0.3 is 0 Å². The molecule has 1 unspecified atom stereocenters. The first-order valence-corrected chi connectivity index (χ1v) is 12.2. The zero-order valence-electron chi connectivity index (χ0n) is 21.4. The number of benzene rings is 2. The number of carbonyl (C=O) groups is 1. The highest BCUT2D eigenvalue weighted by Crippen LogP contribution is 2.41. The van der Waals surface area contributed by atoms with Gasteiger partial charge in [-0.1, -0.05) is 6.07 Å². The van der Waals surface area contributed by atoms with E-state index in [1.165, 1.54) is 0 Å². The van der Waals surface area contributed by atoms with Crippen molar-refractivity contribution in [2.24, 2.45) is 0 Å². The second kappa shape index (κ2) is 10.1. The number of nitrogens with zero attached hydrogens (tertiary/aromatic N) is 2. The van der Waals surface area contributed by atoms with Crippen LogP contribution in [-0.4, -0.2) is 56.1 Å². The van der Waals surface area contributed by atoms with E-state index in [0.717, 1.165) is 29.7 Å². The Kier molecular flexibility index (Phi) is 7.17. The molecular formula is C28H34N2O5. The van der Waals surface area contributed by atoms with Crippen LogP contribution < -0.4 is 14.9 Å². The van der Waals surface area contributed by atoms with Gasteiger partial charge in [0.1, 0.15) is 5.58 Å². The van der Waals surface area contributed by atoms with E-state index >= 15 is 0 Å². The Balaban J connectivity index is 1.90. The van der Waals surface area contributed by atoms with Gasteiger partial charge in [-0.15, -0.1) is 0 Å². The van der Waals surface area contributed by atoms with Gasteiger partial charge in [-0.2, -0.15) is 0 Å². The van der Waals surface area contributed by atoms with Crippen LogP contribution in [0, 0.1) is 13.8 Å². The molecule has 4 rings (SSSR count). The van der Waals surface area contributed by atoms with Crippen LogP contribution in [-0.2, 0) is 0 Å². The van der Waals surface area contributed by atoms with Crippen LogP contribution in [0.25, 0.3) is 11.0 Å². The molecule has 2 aromatic carbocycles. The summed E-state index contributed by atoms with van der Waals surface area (Å²) in [6.45, 7) is 10.1. The summed E-state index contributed by atoms with van der Waals surface area (Å²) in [6.07, 6.45) is 0.768. The Hall–Kier alpha value is -3.32. The maximum absolute atomic E-state index is 13.8.